The maximum Gasteiger partial charge on any atom is 0.338 e. The molecule has 0 unspecified atom stereocenters. The lowest BCUT2D eigenvalue weighted by Gasteiger charge is -2.45. The zero-order valence-electron chi connectivity index (χ0n) is 51.2. The summed E-state index contributed by atoms with van der Waals surface area (Å²) in [5, 5.41) is 27.8. The minimum Gasteiger partial charge on any atom is -0.453 e. The van der Waals surface area contributed by atoms with E-state index in [1.807, 2.05) is 188 Å². The zero-order chi connectivity index (χ0) is 63.4. The van der Waals surface area contributed by atoms with Crippen LogP contribution in [-0.2, 0) is 96.6 Å². The lowest BCUT2D eigenvalue weighted by Crippen LogP contribution is -2.62. The van der Waals surface area contributed by atoms with Gasteiger partial charge in [0.15, 0.2) is 6.10 Å². The fraction of sp³-hybridized carbons (Fsp3) is 0.375. The van der Waals surface area contributed by atoms with E-state index in [0.717, 1.165) is 38.7 Å². The number of esters is 1. The summed E-state index contributed by atoms with van der Waals surface area (Å²) in [6.07, 6.45) is -5.69. The van der Waals surface area contributed by atoms with Gasteiger partial charge in [0.2, 0.25) is 11.8 Å². The molecule has 2 amide bonds. The SMILES string of the molecule is CNC(=O)CCBr.CNC(=O)CCCOC[C@@H]1O[C@H](COCc2ccccc2)[C@@H](O)[C@H](OCc2ccccc2)[C@H]1OCc1ccccc1.O=C(O[C@H]1[C@H](OCc2ccccc2)[C@@H](OCc2ccccc2)[C@H](CO)O[C@@H]1COCc1ccccc1)c1ccccc1. The molecule has 0 radical (unpaired) electrons. The largest absolute Gasteiger partial charge is 0.453 e. The van der Waals surface area contributed by atoms with Crippen molar-refractivity contribution in [1.29, 1.82) is 0 Å². The predicted molar refractivity (Wildman–Crippen MR) is 345 cm³/mol. The second-order valence-corrected chi connectivity index (χ2v) is 22.1. The topological polar surface area (TPSA) is 208 Å². The molecule has 2 heterocycles. The standard InChI is InChI=1S/C35H36O7.C33H41NO7.C4H8BrNO/c36-21-30-32(39-23-27-15-7-2-8-16-27)34(40-24-28-17-9-3-10-18-28)33(42-35(37)29-19-11-4-12-20-29)31(41-30)25-38-22-26-13-5-1-6-14-26;1-34-30(35)18-11-19-37-24-29-32(39-21-26-14-7-3-8-15-26)33(40-22-27-16-9-4-10-17-27)31(36)28(41-29)23-38-20-25-12-5-2-6-13-25;1-6-4(7)2-3-5/h1-20,30-34,36H,21-25H2;2-10,12-17,28-29,31-33,36H,11,18-24H2,1H3,(H,34,35);2-3H2,1H3,(H,6,7)/t30-,31+,32-,33+,34+;28-,29+,31-,32+,33+;/m01./s1. The normalized spacial score (nSPS) is 21.1. The molecule has 2 aliphatic rings. The Morgan fingerprint density at radius 2 is 0.767 bits per heavy atom. The Kier molecular flexibility index (Phi) is 31.8. The number of aliphatic hydroxyl groups excluding tert-OH is 2. The van der Waals surface area contributed by atoms with Crippen LogP contribution in [0.15, 0.2) is 212 Å². The Balaban J connectivity index is 0.000000231. The molecule has 7 aromatic carbocycles. The van der Waals surface area contributed by atoms with Gasteiger partial charge in [0.25, 0.3) is 0 Å². The van der Waals surface area contributed by atoms with Crippen molar-refractivity contribution >= 4 is 33.7 Å². The molecule has 4 N–H and O–H groups in total. The van der Waals surface area contributed by atoms with E-state index in [-0.39, 0.29) is 51.5 Å². The third kappa shape index (κ3) is 24.3. The van der Waals surface area contributed by atoms with Gasteiger partial charge in [-0.05, 0) is 51.9 Å². The number of amides is 2. The second-order valence-electron chi connectivity index (χ2n) is 21.3. The van der Waals surface area contributed by atoms with Crippen molar-refractivity contribution in [2.75, 3.05) is 52.5 Å². The van der Waals surface area contributed by atoms with Gasteiger partial charge in [-0.3, -0.25) is 9.59 Å². The number of nitrogens with one attached hydrogen (secondary N) is 2. The third-order valence-electron chi connectivity index (χ3n) is 14.7. The van der Waals surface area contributed by atoms with Crippen molar-refractivity contribution in [3.8, 4) is 0 Å². The molecule has 2 saturated heterocycles. The third-order valence-corrected chi connectivity index (χ3v) is 15.1. The lowest BCUT2D eigenvalue weighted by molar-refractivity contribution is -0.268. The monoisotopic (exact) mass is 1300 g/mol. The maximum absolute atomic E-state index is 13.3. The molecule has 0 spiro atoms. The summed E-state index contributed by atoms with van der Waals surface area (Å²) in [6.45, 7) is 2.53. The summed E-state index contributed by atoms with van der Waals surface area (Å²) >= 11 is 3.13. The van der Waals surface area contributed by atoms with Gasteiger partial charge in [0, 0.05) is 38.9 Å². The average Bonchev–Trinajstić information content (AvgIpc) is 1.46. The highest BCUT2D eigenvalue weighted by atomic mass is 79.9. The molecule has 0 aromatic heterocycles. The molecule has 7 aromatic rings. The number of alkyl halides is 1. The molecular weight excluding hydrogens is 1210 g/mol. The molecule has 17 nitrogen and oxygen atoms in total. The van der Waals surface area contributed by atoms with Gasteiger partial charge in [0.1, 0.15) is 54.9 Å². The van der Waals surface area contributed by atoms with Crippen molar-refractivity contribution in [3.05, 3.63) is 251 Å². The summed E-state index contributed by atoms with van der Waals surface area (Å²) in [4.78, 5) is 35.2. The van der Waals surface area contributed by atoms with E-state index in [2.05, 4.69) is 26.6 Å². The molecule has 18 heteroatoms. The van der Waals surface area contributed by atoms with E-state index < -0.39 is 67.0 Å². The second kappa shape index (κ2) is 40.7. The number of carbonyl (C=O) groups excluding carboxylic acids is 3. The number of carbonyl (C=O) groups is 3. The average molecular weight is 1300 g/mol. The number of hydrogen-bond donors (Lipinski definition) is 4. The first-order chi connectivity index (χ1) is 44.2. The maximum atomic E-state index is 13.3. The summed E-state index contributed by atoms with van der Waals surface area (Å²) in [6, 6.07) is 67.7. The smallest absolute Gasteiger partial charge is 0.338 e. The first-order valence-electron chi connectivity index (χ1n) is 30.4. The molecule has 90 heavy (non-hydrogen) atoms. The van der Waals surface area contributed by atoms with E-state index >= 15 is 0 Å². The molecule has 0 bridgehead atoms. The van der Waals surface area contributed by atoms with E-state index in [4.69, 9.17) is 47.4 Å². The fourth-order valence-corrected chi connectivity index (χ4v) is 10.3. The van der Waals surface area contributed by atoms with Crippen LogP contribution < -0.4 is 10.6 Å². The van der Waals surface area contributed by atoms with E-state index in [9.17, 15) is 24.6 Å². The molecular formula is C72H85BrN2O15. The van der Waals surface area contributed by atoms with E-state index in [1.165, 1.54) is 0 Å². The highest BCUT2D eigenvalue weighted by Gasteiger charge is 2.50. The zero-order valence-corrected chi connectivity index (χ0v) is 52.8. The number of benzene rings is 7. The Labute approximate surface area is 537 Å². The van der Waals surface area contributed by atoms with Crippen molar-refractivity contribution in [3.63, 3.8) is 0 Å². The van der Waals surface area contributed by atoms with Crippen LogP contribution in [0.4, 0.5) is 0 Å². The molecule has 480 valence electrons. The number of ether oxygens (including phenoxy) is 10. The van der Waals surface area contributed by atoms with Gasteiger partial charge in [-0.25, -0.2) is 4.79 Å². The molecule has 10 atom stereocenters. The van der Waals surface area contributed by atoms with Gasteiger partial charge in [0.05, 0.1) is 71.6 Å². The highest BCUT2D eigenvalue weighted by Crippen LogP contribution is 2.32. The van der Waals surface area contributed by atoms with Gasteiger partial charge in [-0.2, -0.15) is 0 Å². The summed E-state index contributed by atoms with van der Waals surface area (Å²) < 4.78 is 62.5. The van der Waals surface area contributed by atoms with Gasteiger partial charge in [-0.15, -0.1) is 0 Å². The molecule has 0 aliphatic carbocycles. The Bertz CT molecular complexity index is 3040. The summed E-state index contributed by atoms with van der Waals surface area (Å²) in [5.74, 6) is -0.452. The van der Waals surface area contributed by atoms with Crippen LogP contribution in [0.3, 0.4) is 0 Å². The van der Waals surface area contributed by atoms with Crippen LogP contribution in [-0.4, -0.2) is 141 Å². The van der Waals surface area contributed by atoms with Crippen molar-refractivity contribution in [2.24, 2.45) is 0 Å². The highest BCUT2D eigenvalue weighted by molar-refractivity contribution is 9.09. The van der Waals surface area contributed by atoms with Gasteiger partial charge >= 0.3 is 5.97 Å². The van der Waals surface area contributed by atoms with Crippen LogP contribution in [0.25, 0.3) is 0 Å². The molecule has 9 rings (SSSR count). The minimum atomic E-state index is -0.986. The number of hydrogen-bond acceptors (Lipinski definition) is 15. The van der Waals surface area contributed by atoms with Crippen molar-refractivity contribution < 1.29 is 72.0 Å². The van der Waals surface area contributed by atoms with Gasteiger partial charge < -0.3 is 68.2 Å². The quantitative estimate of drug-likeness (QED) is 0.0181. The summed E-state index contributed by atoms with van der Waals surface area (Å²) in [7, 11) is 3.25. The van der Waals surface area contributed by atoms with E-state index in [0.29, 0.717) is 57.9 Å². The Hall–Kier alpha value is -7.01. The molecule has 0 saturated carbocycles. The van der Waals surface area contributed by atoms with Gasteiger partial charge in [-0.1, -0.05) is 216 Å². The molecule has 2 aliphatic heterocycles. The Morgan fingerprint density at radius 1 is 0.422 bits per heavy atom. The number of aliphatic hydroxyl groups is 2. The summed E-state index contributed by atoms with van der Waals surface area (Å²) in [5.41, 5.74) is 6.36. The van der Waals surface area contributed by atoms with Crippen LogP contribution in [0.5, 0.6) is 0 Å². The van der Waals surface area contributed by atoms with Crippen LogP contribution >= 0.6 is 15.9 Å². The predicted octanol–water partition coefficient (Wildman–Crippen LogP) is 9.92. The Morgan fingerprint density at radius 3 is 1.18 bits per heavy atom. The van der Waals surface area contributed by atoms with Crippen molar-refractivity contribution in [1.82, 2.24) is 10.6 Å². The van der Waals surface area contributed by atoms with Crippen LogP contribution in [0, 0.1) is 0 Å². The molecule has 2 fully saturated rings. The lowest BCUT2D eigenvalue weighted by atomic mass is 9.94. The van der Waals surface area contributed by atoms with Crippen LogP contribution in [0.2, 0.25) is 0 Å². The van der Waals surface area contributed by atoms with Crippen molar-refractivity contribution in [2.45, 2.75) is 120 Å². The van der Waals surface area contributed by atoms with Crippen LogP contribution in [0.1, 0.15) is 63.0 Å². The number of halogens is 1. The minimum absolute atomic E-state index is 0.0280. The first-order valence-corrected chi connectivity index (χ1v) is 31.5. The fourth-order valence-electron chi connectivity index (χ4n) is 9.91. The number of rotatable bonds is 31. The first kappa shape index (κ1) is 70.4. The van der Waals surface area contributed by atoms with E-state index in [1.54, 1.807) is 38.4 Å².